The van der Waals surface area contributed by atoms with Gasteiger partial charge in [0.05, 0.1) is 17.6 Å². The van der Waals surface area contributed by atoms with Crippen LogP contribution in [0, 0.1) is 11.8 Å². The molecule has 116 valence electrons. The highest BCUT2D eigenvalue weighted by Crippen LogP contribution is 2.42. The largest absolute Gasteiger partial charge is 0.465 e. The number of fused-ring (bicyclic) bond motifs is 1. The van der Waals surface area contributed by atoms with E-state index in [1.165, 1.54) is 31.4 Å². The van der Waals surface area contributed by atoms with Gasteiger partial charge in [0, 0.05) is 6.04 Å². The van der Waals surface area contributed by atoms with E-state index in [9.17, 15) is 13.2 Å². The number of sulfonamides is 1. The van der Waals surface area contributed by atoms with Crippen LogP contribution in [-0.4, -0.2) is 40.6 Å². The lowest BCUT2D eigenvalue weighted by Crippen LogP contribution is -2.32. The summed E-state index contributed by atoms with van der Waals surface area (Å²) in [4.78, 5) is 11.5. The van der Waals surface area contributed by atoms with Crippen molar-refractivity contribution in [2.75, 3.05) is 20.2 Å². The standard InChI is InChI=1S/C13H16N2O4S.ClH/c1-19-13(16)8-2-4-9(5-3-8)20(17,18)15-12-10-6-14-7-11(10)12;/h2-5,10-12,14-15H,6-7H2,1H3;1H. The predicted molar refractivity (Wildman–Crippen MR) is 79.0 cm³/mol. The summed E-state index contributed by atoms with van der Waals surface area (Å²) in [5.41, 5.74) is 0.332. The molecular formula is C13H17ClN2O4S. The molecule has 0 amide bonds. The normalized spacial score (nSPS) is 26.6. The van der Waals surface area contributed by atoms with Gasteiger partial charge in [-0.3, -0.25) is 0 Å². The Bertz CT molecular complexity index is 622. The van der Waals surface area contributed by atoms with Gasteiger partial charge in [-0.15, -0.1) is 12.4 Å². The average Bonchev–Trinajstić information content (AvgIpc) is 2.89. The number of ether oxygens (including phenoxy) is 1. The van der Waals surface area contributed by atoms with Gasteiger partial charge < -0.3 is 10.1 Å². The second-order valence-corrected chi connectivity index (χ2v) is 6.86. The van der Waals surface area contributed by atoms with Gasteiger partial charge in [0.25, 0.3) is 0 Å². The zero-order valence-corrected chi connectivity index (χ0v) is 13.0. The van der Waals surface area contributed by atoms with E-state index < -0.39 is 16.0 Å². The molecule has 1 heterocycles. The van der Waals surface area contributed by atoms with Crippen molar-refractivity contribution in [2.24, 2.45) is 11.8 Å². The van der Waals surface area contributed by atoms with Gasteiger partial charge in [-0.05, 0) is 49.2 Å². The summed E-state index contributed by atoms with van der Waals surface area (Å²) in [7, 11) is -2.23. The van der Waals surface area contributed by atoms with Crippen LogP contribution in [0.4, 0.5) is 0 Å². The highest BCUT2D eigenvalue weighted by Gasteiger charge is 2.54. The summed E-state index contributed by atoms with van der Waals surface area (Å²) in [6.45, 7) is 1.75. The Hall–Kier alpha value is -1.15. The topological polar surface area (TPSA) is 84.5 Å². The molecule has 2 unspecified atom stereocenters. The highest BCUT2D eigenvalue weighted by molar-refractivity contribution is 7.89. The fourth-order valence-corrected chi connectivity index (χ4v) is 4.07. The van der Waals surface area contributed by atoms with Crippen LogP contribution >= 0.6 is 12.4 Å². The van der Waals surface area contributed by atoms with Gasteiger partial charge in [-0.2, -0.15) is 0 Å². The molecule has 1 saturated carbocycles. The Morgan fingerprint density at radius 3 is 2.33 bits per heavy atom. The Labute approximate surface area is 129 Å². The molecule has 1 aromatic rings. The number of methoxy groups -OCH3 is 1. The van der Waals surface area contributed by atoms with Gasteiger partial charge in [0.15, 0.2) is 0 Å². The molecule has 1 aliphatic carbocycles. The molecule has 2 fully saturated rings. The van der Waals surface area contributed by atoms with Gasteiger partial charge in [0.1, 0.15) is 0 Å². The molecule has 1 aliphatic heterocycles. The zero-order chi connectivity index (χ0) is 14.3. The van der Waals surface area contributed by atoms with E-state index >= 15 is 0 Å². The molecule has 8 heteroatoms. The Morgan fingerprint density at radius 1 is 1.24 bits per heavy atom. The third-order valence-corrected chi connectivity index (χ3v) is 5.44. The van der Waals surface area contributed by atoms with Crippen molar-refractivity contribution in [3.8, 4) is 0 Å². The Kier molecular flexibility index (Phi) is 4.57. The number of esters is 1. The molecule has 0 aromatic heterocycles. The van der Waals surface area contributed by atoms with Crippen LogP contribution in [0.25, 0.3) is 0 Å². The summed E-state index contributed by atoms with van der Waals surface area (Å²) in [5.74, 6) is 0.350. The number of carbonyl (C=O) groups is 1. The van der Waals surface area contributed by atoms with Gasteiger partial charge >= 0.3 is 5.97 Å². The first-order valence-electron chi connectivity index (χ1n) is 6.44. The van der Waals surface area contributed by atoms with Crippen molar-refractivity contribution >= 4 is 28.4 Å². The van der Waals surface area contributed by atoms with Gasteiger partial charge in [0.2, 0.25) is 10.0 Å². The predicted octanol–water partition coefficient (Wildman–Crippen LogP) is 0.391. The minimum absolute atomic E-state index is 0. The second kappa shape index (κ2) is 5.92. The minimum Gasteiger partial charge on any atom is -0.465 e. The third-order valence-electron chi connectivity index (χ3n) is 3.97. The minimum atomic E-state index is -3.52. The zero-order valence-electron chi connectivity index (χ0n) is 11.4. The molecule has 0 radical (unpaired) electrons. The van der Waals surface area contributed by atoms with Crippen LogP contribution in [0.15, 0.2) is 29.2 Å². The van der Waals surface area contributed by atoms with Crippen molar-refractivity contribution in [3.63, 3.8) is 0 Å². The number of carbonyl (C=O) groups excluding carboxylic acids is 1. The van der Waals surface area contributed by atoms with Gasteiger partial charge in [-0.1, -0.05) is 0 Å². The number of hydrogen-bond donors (Lipinski definition) is 2. The SMILES string of the molecule is COC(=O)c1ccc(S(=O)(=O)NC2C3CNCC32)cc1.Cl. The molecule has 1 saturated heterocycles. The quantitative estimate of drug-likeness (QED) is 0.779. The summed E-state index contributed by atoms with van der Waals surface area (Å²) in [6.07, 6.45) is 0. The monoisotopic (exact) mass is 332 g/mol. The molecule has 21 heavy (non-hydrogen) atoms. The summed E-state index contributed by atoms with van der Waals surface area (Å²) < 4.78 is 31.7. The summed E-state index contributed by atoms with van der Waals surface area (Å²) >= 11 is 0. The number of rotatable bonds is 4. The maximum absolute atomic E-state index is 12.2. The van der Waals surface area contributed by atoms with Crippen LogP contribution in [0.2, 0.25) is 0 Å². The van der Waals surface area contributed by atoms with Crippen molar-refractivity contribution < 1.29 is 17.9 Å². The van der Waals surface area contributed by atoms with Crippen LogP contribution in [-0.2, 0) is 14.8 Å². The third kappa shape index (κ3) is 3.06. The van der Waals surface area contributed by atoms with E-state index in [4.69, 9.17) is 0 Å². The number of hydrogen-bond acceptors (Lipinski definition) is 5. The first-order valence-corrected chi connectivity index (χ1v) is 7.92. The molecule has 6 nitrogen and oxygen atoms in total. The molecular weight excluding hydrogens is 316 g/mol. The van der Waals surface area contributed by atoms with Crippen molar-refractivity contribution in [1.29, 1.82) is 0 Å². The maximum atomic E-state index is 12.2. The number of nitrogens with one attached hydrogen (secondary N) is 2. The molecule has 2 aliphatic rings. The molecule has 2 atom stereocenters. The van der Waals surface area contributed by atoms with Gasteiger partial charge in [-0.25, -0.2) is 17.9 Å². The van der Waals surface area contributed by atoms with Crippen molar-refractivity contribution in [3.05, 3.63) is 29.8 Å². The first-order chi connectivity index (χ1) is 9.53. The Morgan fingerprint density at radius 2 is 1.81 bits per heavy atom. The molecule has 0 bridgehead atoms. The van der Waals surface area contributed by atoms with E-state index in [0.717, 1.165) is 13.1 Å². The summed E-state index contributed by atoms with van der Waals surface area (Å²) in [6, 6.07) is 5.79. The lowest BCUT2D eigenvalue weighted by Gasteiger charge is -2.09. The van der Waals surface area contributed by atoms with E-state index in [1.54, 1.807) is 0 Å². The maximum Gasteiger partial charge on any atom is 0.337 e. The van der Waals surface area contributed by atoms with Crippen LogP contribution in [0.1, 0.15) is 10.4 Å². The molecule has 2 N–H and O–H groups in total. The number of halogens is 1. The average molecular weight is 333 g/mol. The molecule has 3 rings (SSSR count). The Balaban J connectivity index is 0.00000161. The van der Waals surface area contributed by atoms with Crippen LogP contribution < -0.4 is 10.0 Å². The first kappa shape index (κ1) is 16.2. The van der Waals surface area contributed by atoms with E-state index in [1.807, 2.05) is 0 Å². The van der Waals surface area contributed by atoms with E-state index in [2.05, 4.69) is 14.8 Å². The molecule has 1 aromatic carbocycles. The fourth-order valence-electron chi connectivity index (χ4n) is 2.73. The number of benzene rings is 1. The lowest BCUT2D eigenvalue weighted by molar-refractivity contribution is 0.0600. The fraction of sp³-hybridized carbons (Fsp3) is 0.462. The van der Waals surface area contributed by atoms with Crippen LogP contribution in [0.5, 0.6) is 0 Å². The molecule has 0 spiro atoms. The smallest absolute Gasteiger partial charge is 0.337 e. The summed E-state index contributed by atoms with van der Waals surface area (Å²) in [5, 5.41) is 3.22. The van der Waals surface area contributed by atoms with E-state index in [0.29, 0.717) is 17.4 Å². The highest BCUT2D eigenvalue weighted by atomic mass is 35.5. The van der Waals surface area contributed by atoms with Crippen molar-refractivity contribution in [2.45, 2.75) is 10.9 Å². The second-order valence-electron chi connectivity index (χ2n) is 5.15. The lowest BCUT2D eigenvalue weighted by atomic mass is 10.2. The number of piperidine rings is 1. The van der Waals surface area contributed by atoms with E-state index in [-0.39, 0.29) is 23.3 Å². The van der Waals surface area contributed by atoms with Crippen LogP contribution in [0.3, 0.4) is 0 Å². The van der Waals surface area contributed by atoms with Crippen molar-refractivity contribution in [1.82, 2.24) is 10.0 Å².